The fourth-order valence-electron chi connectivity index (χ4n) is 3.08. The fourth-order valence-corrected chi connectivity index (χ4v) is 3.08. The number of Topliss-reactive ketones (excluding diaryl/α,β-unsaturated/α-hetero) is 1. The molecule has 3 heteroatoms. The first kappa shape index (κ1) is 13.4. The summed E-state index contributed by atoms with van der Waals surface area (Å²) in [7, 11) is 0. The van der Waals surface area contributed by atoms with Gasteiger partial charge in [-0.3, -0.25) is 4.79 Å². The highest BCUT2D eigenvalue weighted by molar-refractivity contribution is 6.08. The van der Waals surface area contributed by atoms with Crippen molar-refractivity contribution in [3.8, 4) is 0 Å². The molecule has 0 amide bonds. The number of rotatable bonds is 5. The first-order valence-corrected chi connectivity index (χ1v) is 7.64. The maximum absolute atomic E-state index is 12.4. The van der Waals surface area contributed by atoms with Gasteiger partial charge >= 0.3 is 0 Å². The van der Waals surface area contributed by atoms with Crippen molar-refractivity contribution in [1.82, 2.24) is 10.3 Å². The van der Waals surface area contributed by atoms with E-state index in [0.29, 0.717) is 12.6 Å². The van der Waals surface area contributed by atoms with E-state index in [2.05, 4.69) is 35.4 Å². The molecule has 0 saturated heterocycles. The molecular weight excluding hydrogens is 248 g/mol. The van der Waals surface area contributed by atoms with Gasteiger partial charge < -0.3 is 10.3 Å². The molecule has 0 bridgehead atoms. The standard InChI is InChI=1S/C17H22N2O/c1-2-12-7-8-16-14(9-12)15(10-19-16)17(20)11-18-13-5-3-4-6-13/h7-10,13,18-19H,2-6,11H2,1H3. The number of ketones is 1. The average Bonchev–Trinajstić information content (AvgIpc) is 3.13. The highest BCUT2D eigenvalue weighted by atomic mass is 16.1. The number of H-pyrrole nitrogens is 1. The van der Waals surface area contributed by atoms with E-state index in [1.54, 1.807) is 0 Å². The number of hydrogen-bond donors (Lipinski definition) is 2. The fraction of sp³-hybridized carbons (Fsp3) is 0.471. The topological polar surface area (TPSA) is 44.9 Å². The molecule has 1 aromatic carbocycles. The van der Waals surface area contributed by atoms with Crippen LogP contribution in [0.1, 0.15) is 48.5 Å². The van der Waals surface area contributed by atoms with Crippen LogP contribution in [0.25, 0.3) is 10.9 Å². The van der Waals surface area contributed by atoms with Crippen LogP contribution in [0.15, 0.2) is 24.4 Å². The van der Waals surface area contributed by atoms with Gasteiger partial charge in [-0.25, -0.2) is 0 Å². The number of fused-ring (bicyclic) bond motifs is 1. The monoisotopic (exact) mass is 270 g/mol. The van der Waals surface area contributed by atoms with Crippen LogP contribution >= 0.6 is 0 Å². The summed E-state index contributed by atoms with van der Waals surface area (Å²) in [5, 5.41) is 4.46. The van der Waals surface area contributed by atoms with Crippen molar-refractivity contribution in [2.75, 3.05) is 6.54 Å². The zero-order chi connectivity index (χ0) is 13.9. The Balaban J connectivity index is 1.76. The zero-order valence-corrected chi connectivity index (χ0v) is 12.0. The lowest BCUT2D eigenvalue weighted by Crippen LogP contribution is -2.31. The van der Waals surface area contributed by atoms with Crippen molar-refractivity contribution in [2.45, 2.75) is 45.1 Å². The SMILES string of the molecule is CCc1ccc2[nH]cc(C(=O)CNC3CCCC3)c2c1. The summed E-state index contributed by atoms with van der Waals surface area (Å²) in [6, 6.07) is 6.85. The van der Waals surface area contributed by atoms with Gasteiger partial charge in [0.25, 0.3) is 0 Å². The maximum atomic E-state index is 12.4. The molecule has 2 aromatic rings. The van der Waals surface area contributed by atoms with Crippen LogP contribution in [-0.2, 0) is 6.42 Å². The third kappa shape index (κ3) is 2.63. The van der Waals surface area contributed by atoms with Gasteiger partial charge in [-0.05, 0) is 37.0 Å². The Hall–Kier alpha value is -1.61. The molecule has 0 unspecified atom stereocenters. The van der Waals surface area contributed by atoms with Crippen molar-refractivity contribution in [1.29, 1.82) is 0 Å². The van der Waals surface area contributed by atoms with Gasteiger partial charge in [0.2, 0.25) is 0 Å². The van der Waals surface area contributed by atoms with Crippen molar-refractivity contribution in [3.63, 3.8) is 0 Å². The summed E-state index contributed by atoms with van der Waals surface area (Å²) in [5.41, 5.74) is 3.14. The van der Waals surface area contributed by atoms with E-state index >= 15 is 0 Å². The Kier molecular flexibility index (Phi) is 3.88. The number of hydrogen-bond acceptors (Lipinski definition) is 2. The predicted octanol–water partition coefficient (Wildman–Crippen LogP) is 3.45. The van der Waals surface area contributed by atoms with E-state index in [-0.39, 0.29) is 5.78 Å². The molecule has 20 heavy (non-hydrogen) atoms. The van der Waals surface area contributed by atoms with E-state index < -0.39 is 0 Å². The van der Waals surface area contributed by atoms with Crippen LogP contribution in [-0.4, -0.2) is 23.4 Å². The van der Waals surface area contributed by atoms with E-state index in [1.807, 2.05) is 6.20 Å². The average molecular weight is 270 g/mol. The smallest absolute Gasteiger partial charge is 0.178 e. The Morgan fingerprint density at radius 2 is 2.15 bits per heavy atom. The van der Waals surface area contributed by atoms with Gasteiger partial charge in [-0.2, -0.15) is 0 Å². The molecule has 0 spiro atoms. The van der Waals surface area contributed by atoms with Crippen LogP contribution in [0, 0.1) is 0 Å². The lowest BCUT2D eigenvalue weighted by molar-refractivity contribution is 0.0989. The summed E-state index contributed by atoms with van der Waals surface area (Å²) < 4.78 is 0. The molecule has 1 heterocycles. The molecule has 1 aliphatic rings. The van der Waals surface area contributed by atoms with Crippen LogP contribution < -0.4 is 5.32 Å². The van der Waals surface area contributed by atoms with Gasteiger partial charge in [0.15, 0.2) is 5.78 Å². The quantitative estimate of drug-likeness (QED) is 0.817. The molecule has 1 aromatic heterocycles. The summed E-state index contributed by atoms with van der Waals surface area (Å²) in [6.45, 7) is 2.59. The number of aryl methyl sites for hydroxylation is 1. The van der Waals surface area contributed by atoms with Crippen molar-refractivity contribution in [2.24, 2.45) is 0 Å². The molecule has 3 rings (SSSR count). The molecule has 3 nitrogen and oxygen atoms in total. The number of aromatic nitrogens is 1. The van der Waals surface area contributed by atoms with E-state index in [4.69, 9.17) is 0 Å². The third-order valence-electron chi connectivity index (χ3n) is 4.36. The number of nitrogens with one attached hydrogen (secondary N) is 2. The van der Waals surface area contributed by atoms with Crippen molar-refractivity contribution < 1.29 is 4.79 Å². The van der Waals surface area contributed by atoms with Gasteiger partial charge in [0.1, 0.15) is 0 Å². The van der Waals surface area contributed by atoms with Crippen LogP contribution in [0.3, 0.4) is 0 Å². The molecule has 1 aliphatic carbocycles. The second kappa shape index (κ2) is 5.80. The van der Waals surface area contributed by atoms with E-state index in [9.17, 15) is 4.79 Å². The van der Waals surface area contributed by atoms with E-state index in [0.717, 1.165) is 22.9 Å². The largest absolute Gasteiger partial charge is 0.360 e. The summed E-state index contributed by atoms with van der Waals surface area (Å²) in [5.74, 6) is 0.191. The predicted molar refractivity (Wildman–Crippen MR) is 82.3 cm³/mol. The van der Waals surface area contributed by atoms with Crippen LogP contribution in [0.4, 0.5) is 0 Å². The van der Waals surface area contributed by atoms with Crippen molar-refractivity contribution in [3.05, 3.63) is 35.5 Å². The lowest BCUT2D eigenvalue weighted by Gasteiger charge is -2.10. The molecule has 106 valence electrons. The summed E-state index contributed by atoms with van der Waals surface area (Å²) in [6.07, 6.45) is 7.84. The highest BCUT2D eigenvalue weighted by Crippen LogP contribution is 2.21. The number of carbonyl (C=O) groups is 1. The first-order chi connectivity index (χ1) is 9.78. The molecule has 0 radical (unpaired) electrons. The van der Waals surface area contributed by atoms with E-state index in [1.165, 1.54) is 31.2 Å². The lowest BCUT2D eigenvalue weighted by atomic mass is 10.1. The molecule has 1 saturated carbocycles. The normalized spacial score (nSPS) is 16.1. The van der Waals surface area contributed by atoms with Gasteiger partial charge in [-0.1, -0.05) is 25.8 Å². The zero-order valence-electron chi connectivity index (χ0n) is 12.0. The van der Waals surface area contributed by atoms with Crippen LogP contribution in [0.2, 0.25) is 0 Å². The number of benzene rings is 1. The molecule has 0 atom stereocenters. The third-order valence-corrected chi connectivity index (χ3v) is 4.36. The van der Waals surface area contributed by atoms with Gasteiger partial charge in [-0.15, -0.1) is 0 Å². The second-order valence-electron chi connectivity index (χ2n) is 5.72. The minimum Gasteiger partial charge on any atom is -0.360 e. The summed E-state index contributed by atoms with van der Waals surface area (Å²) in [4.78, 5) is 15.6. The minimum absolute atomic E-state index is 0.191. The maximum Gasteiger partial charge on any atom is 0.178 e. The molecule has 0 aliphatic heterocycles. The Morgan fingerprint density at radius 1 is 1.35 bits per heavy atom. The second-order valence-corrected chi connectivity index (χ2v) is 5.72. The highest BCUT2D eigenvalue weighted by Gasteiger charge is 2.17. The van der Waals surface area contributed by atoms with Crippen LogP contribution in [0.5, 0.6) is 0 Å². The Morgan fingerprint density at radius 3 is 2.90 bits per heavy atom. The molecule has 2 N–H and O–H groups in total. The number of carbonyl (C=O) groups excluding carboxylic acids is 1. The van der Waals surface area contributed by atoms with Gasteiger partial charge in [0.05, 0.1) is 6.54 Å². The summed E-state index contributed by atoms with van der Waals surface area (Å²) >= 11 is 0. The van der Waals surface area contributed by atoms with Crippen molar-refractivity contribution >= 4 is 16.7 Å². The Labute approximate surface area is 119 Å². The van der Waals surface area contributed by atoms with Gasteiger partial charge in [0, 0.05) is 28.7 Å². The molecule has 1 fully saturated rings. The minimum atomic E-state index is 0.191. The molecular formula is C17H22N2O. The first-order valence-electron chi connectivity index (χ1n) is 7.64. The Bertz CT molecular complexity index is 608. The number of aromatic amines is 1.